The number of primary amides is 1. The summed E-state index contributed by atoms with van der Waals surface area (Å²) in [6.07, 6.45) is -1.53. The molecule has 0 aliphatic carbocycles. The third-order valence-corrected chi connectivity index (χ3v) is 5.37. The Labute approximate surface area is 162 Å². The van der Waals surface area contributed by atoms with Crippen molar-refractivity contribution in [1.82, 2.24) is 0 Å². The number of hydrogen-bond donors (Lipinski definition) is 2. The van der Waals surface area contributed by atoms with E-state index >= 15 is 0 Å². The van der Waals surface area contributed by atoms with Crippen molar-refractivity contribution in [1.29, 1.82) is 0 Å². The Morgan fingerprint density at radius 3 is 2.50 bits per heavy atom. The quantitative estimate of drug-likeness (QED) is 0.706. The van der Waals surface area contributed by atoms with Crippen molar-refractivity contribution in [3.63, 3.8) is 0 Å². The molecule has 0 spiro atoms. The number of nitrogens with two attached hydrogens (primary N) is 1. The van der Waals surface area contributed by atoms with E-state index in [2.05, 4.69) is 0 Å². The maximum absolute atomic E-state index is 13.4. The summed E-state index contributed by atoms with van der Waals surface area (Å²) in [5.74, 6) is -1.17. The Morgan fingerprint density at radius 2 is 1.86 bits per heavy atom. The van der Waals surface area contributed by atoms with Crippen LogP contribution in [0.5, 0.6) is 11.5 Å². The summed E-state index contributed by atoms with van der Waals surface area (Å²) in [6, 6.07) is 10.7. The highest BCUT2D eigenvalue weighted by atomic mass is 32.2. The molecule has 0 saturated carbocycles. The number of para-hydroxylation sites is 1. The zero-order valence-electron chi connectivity index (χ0n) is 15.0. The number of fused-ring (bicyclic) bond motifs is 2. The van der Waals surface area contributed by atoms with Crippen LogP contribution in [0.3, 0.4) is 0 Å². The van der Waals surface area contributed by atoms with Gasteiger partial charge in [0.1, 0.15) is 16.4 Å². The zero-order chi connectivity index (χ0) is 20.5. The standard InChI is InChI=1S/C19H19NO7S/c1-2-6-14(27-19(20)22)18(21)16-11-7-3-4-8-12(11)26-13-9-5-10-15(17(13)16)28(23,24)25/h3-5,7-10,14,16H,2,6H2,1H3,(H2,20,22)(H,23,24,25). The maximum atomic E-state index is 13.4. The van der Waals surface area contributed by atoms with Crippen molar-refractivity contribution in [2.24, 2.45) is 5.73 Å². The Kier molecular flexibility index (Phi) is 5.39. The van der Waals surface area contributed by atoms with E-state index in [0.717, 1.165) is 0 Å². The second-order valence-electron chi connectivity index (χ2n) is 6.33. The minimum absolute atomic E-state index is 0.00266. The molecular formula is C19H19NO7S. The van der Waals surface area contributed by atoms with Gasteiger partial charge in [-0.05, 0) is 24.6 Å². The van der Waals surface area contributed by atoms with Crippen LogP contribution in [0.15, 0.2) is 47.4 Å². The lowest BCUT2D eigenvalue weighted by Gasteiger charge is -2.30. The summed E-state index contributed by atoms with van der Waals surface area (Å²) in [5, 5.41) is 0. The molecule has 3 N–H and O–H groups in total. The number of rotatable bonds is 6. The summed E-state index contributed by atoms with van der Waals surface area (Å²) in [4.78, 5) is 24.2. The number of Topliss-reactive ketones (excluding diaryl/α,β-unsaturated/α-hetero) is 1. The fourth-order valence-electron chi connectivity index (χ4n) is 3.35. The molecule has 28 heavy (non-hydrogen) atoms. The Balaban J connectivity index is 2.23. The fourth-order valence-corrected chi connectivity index (χ4v) is 4.10. The molecule has 2 unspecified atom stereocenters. The van der Waals surface area contributed by atoms with Crippen LogP contribution in [0.25, 0.3) is 0 Å². The number of hydrogen-bond acceptors (Lipinski definition) is 6. The van der Waals surface area contributed by atoms with Gasteiger partial charge in [-0.15, -0.1) is 0 Å². The van der Waals surface area contributed by atoms with Crippen LogP contribution < -0.4 is 10.5 Å². The lowest BCUT2D eigenvalue weighted by Crippen LogP contribution is -2.35. The second-order valence-corrected chi connectivity index (χ2v) is 7.72. The summed E-state index contributed by atoms with van der Waals surface area (Å²) < 4.78 is 44.3. The highest BCUT2D eigenvalue weighted by Crippen LogP contribution is 2.47. The smallest absolute Gasteiger partial charge is 0.405 e. The largest absolute Gasteiger partial charge is 0.457 e. The molecule has 3 rings (SSSR count). The minimum Gasteiger partial charge on any atom is -0.457 e. The summed E-state index contributed by atoms with van der Waals surface area (Å²) in [7, 11) is -4.64. The van der Waals surface area contributed by atoms with E-state index in [1.165, 1.54) is 18.2 Å². The fraction of sp³-hybridized carbons (Fsp3) is 0.263. The van der Waals surface area contributed by atoms with Crippen molar-refractivity contribution in [2.75, 3.05) is 0 Å². The predicted octanol–water partition coefficient (Wildman–Crippen LogP) is 3.00. The van der Waals surface area contributed by atoms with E-state index in [1.54, 1.807) is 31.2 Å². The third-order valence-electron chi connectivity index (χ3n) is 4.45. The summed E-state index contributed by atoms with van der Waals surface area (Å²) >= 11 is 0. The molecule has 0 aromatic heterocycles. The van der Waals surface area contributed by atoms with Crippen molar-refractivity contribution in [3.8, 4) is 11.5 Å². The van der Waals surface area contributed by atoms with Gasteiger partial charge in [0.15, 0.2) is 11.9 Å². The highest BCUT2D eigenvalue weighted by Gasteiger charge is 2.40. The maximum Gasteiger partial charge on any atom is 0.405 e. The van der Waals surface area contributed by atoms with Crippen LogP contribution in [-0.2, 0) is 19.6 Å². The first-order valence-corrected chi connectivity index (χ1v) is 10.0. The van der Waals surface area contributed by atoms with E-state index in [4.69, 9.17) is 15.2 Å². The number of carbonyl (C=O) groups excluding carboxylic acids is 2. The van der Waals surface area contributed by atoms with E-state index in [1.807, 2.05) is 0 Å². The van der Waals surface area contributed by atoms with Crippen LogP contribution in [0.4, 0.5) is 4.79 Å². The highest BCUT2D eigenvalue weighted by molar-refractivity contribution is 7.85. The van der Waals surface area contributed by atoms with Crippen LogP contribution in [0.1, 0.15) is 36.8 Å². The van der Waals surface area contributed by atoms with Crippen LogP contribution in [-0.4, -0.2) is 31.0 Å². The van der Waals surface area contributed by atoms with Gasteiger partial charge in [-0.1, -0.05) is 37.6 Å². The first kappa shape index (κ1) is 19.8. The van der Waals surface area contributed by atoms with Gasteiger partial charge >= 0.3 is 6.09 Å². The van der Waals surface area contributed by atoms with Crippen LogP contribution in [0.2, 0.25) is 0 Å². The Hall–Kier alpha value is -2.91. The van der Waals surface area contributed by atoms with E-state index in [-0.39, 0.29) is 17.7 Å². The van der Waals surface area contributed by atoms with Gasteiger partial charge in [0.25, 0.3) is 10.1 Å². The molecule has 0 fully saturated rings. The molecule has 1 aliphatic rings. The normalized spacial score (nSPS) is 16.3. The third kappa shape index (κ3) is 3.71. The number of benzene rings is 2. The van der Waals surface area contributed by atoms with E-state index < -0.39 is 38.9 Å². The second kappa shape index (κ2) is 7.61. The van der Waals surface area contributed by atoms with Gasteiger partial charge in [0.05, 0.1) is 5.92 Å². The molecule has 1 amide bonds. The predicted molar refractivity (Wildman–Crippen MR) is 99.0 cm³/mol. The number of carbonyl (C=O) groups is 2. The topological polar surface area (TPSA) is 133 Å². The molecule has 2 aromatic rings. The minimum atomic E-state index is -4.64. The summed E-state index contributed by atoms with van der Waals surface area (Å²) in [6.45, 7) is 1.81. The van der Waals surface area contributed by atoms with Crippen LogP contribution >= 0.6 is 0 Å². The zero-order valence-corrected chi connectivity index (χ0v) is 15.8. The van der Waals surface area contributed by atoms with Gasteiger partial charge in [-0.2, -0.15) is 8.42 Å². The molecule has 0 saturated heterocycles. The molecule has 2 aromatic carbocycles. The summed E-state index contributed by atoms with van der Waals surface area (Å²) in [5.41, 5.74) is 5.52. The molecule has 1 aliphatic heterocycles. The first-order chi connectivity index (χ1) is 13.2. The number of amides is 1. The van der Waals surface area contributed by atoms with Gasteiger partial charge in [-0.25, -0.2) is 4.79 Å². The SMILES string of the molecule is CCCC(OC(N)=O)C(=O)C1c2ccccc2Oc2cccc(S(=O)(=O)O)c21. The molecule has 148 valence electrons. The van der Waals surface area contributed by atoms with Gasteiger partial charge < -0.3 is 15.2 Å². The lowest BCUT2D eigenvalue weighted by molar-refractivity contribution is -0.128. The van der Waals surface area contributed by atoms with Gasteiger partial charge in [0.2, 0.25) is 0 Å². The number of ether oxygens (including phenoxy) is 2. The molecular weight excluding hydrogens is 386 g/mol. The molecule has 1 heterocycles. The van der Waals surface area contributed by atoms with Crippen LogP contribution in [0, 0.1) is 0 Å². The molecule has 0 radical (unpaired) electrons. The Bertz CT molecular complexity index is 1030. The van der Waals surface area contributed by atoms with Crippen molar-refractivity contribution in [3.05, 3.63) is 53.6 Å². The molecule has 8 nitrogen and oxygen atoms in total. The van der Waals surface area contributed by atoms with Crippen molar-refractivity contribution < 1.29 is 32.0 Å². The monoisotopic (exact) mass is 405 g/mol. The number of ketones is 1. The first-order valence-electron chi connectivity index (χ1n) is 8.61. The van der Waals surface area contributed by atoms with Gasteiger partial charge in [0, 0.05) is 11.1 Å². The average molecular weight is 405 g/mol. The molecule has 0 bridgehead atoms. The molecule has 9 heteroatoms. The van der Waals surface area contributed by atoms with E-state index in [9.17, 15) is 22.6 Å². The average Bonchev–Trinajstić information content (AvgIpc) is 2.63. The lowest BCUT2D eigenvalue weighted by atomic mass is 9.82. The van der Waals surface area contributed by atoms with E-state index in [0.29, 0.717) is 17.7 Å². The molecule has 2 atom stereocenters. The van der Waals surface area contributed by atoms with Crippen molar-refractivity contribution >= 4 is 22.0 Å². The van der Waals surface area contributed by atoms with Crippen molar-refractivity contribution in [2.45, 2.75) is 36.7 Å². The Morgan fingerprint density at radius 1 is 1.18 bits per heavy atom. The van der Waals surface area contributed by atoms with Gasteiger partial charge in [-0.3, -0.25) is 9.35 Å².